The first-order chi connectivity index (χ1) is 10.5. The molecular formula is C17H27N2O3S+. The molecule has 0 saturated heterocycles. The third-order valence-corrected chi connectivity index (χ3v) is 4.42. The molecule has 1 aromatic rings. The lowest BCUT2D eigenvalue weighted by molar-refractivity contribution is -0.475. The molecule has 0 N–H and O–H groups in total. The topological polar surface area (TPSA) is 51.4 Å². The van der Waals surface area contributed by atoms with E-state index in [1.54, 1.807) is 15.9 Å². The molecule has 1 amide bonds. The second-order valence-corrected chi connectivity index (χ2v) is 8.84. The summed E-state index contributed by atoms with van der Waals surface area (Å²) in [7, 11) is 0. The van der Waals surface area contributed by atoms with Gasteiger partial charge < -0.3 is 9.47 Å². The van der Waals surface area contributed by atoms with Crippen LogP contribution < -0.4 is 0 Å². The normalized spacial score (nSPS) is 19.9. The number of hydrogen-bond donors (Lipinski definition) is 0. The Kier molecular flexibility index (Phi) is 4.97. The van der Waals surface area contributed by atoms with Crippen LogP contribution in [0.25, 0.3) is 0 Å². The largest absolute Gasteiger partial charge is 0.597 e. The van der Waals surface area contributed by atoms with Crippen molar-refractivity contribution >= 4 is 23.1 Å². The second kappa shape index (κ2) is 6.32. The van der Waals surface area contributed by atoms with Crippen LogP contribution in [0.5, 0.6) is 0 Å². The highest BCUT2D eigenvalue weighted by Gasteiger charge is 2.37. The Morgan fingerprint density at radius 1 is 1.35 bits per heavy atom. The second-order valence-electron chi connectivity index (χ2n) is 7.95. The van der Waals surface area contributed by atoms with E-state index in [1.807, 2.05) is 27.7 Å². The first kappa shape index (κ1) is 18.1. The van der Waals surface area contributed by atoms with Crippen LogP contribution in [-0.4, -0.2) is 40.1 Å². The highest BCUT2D eigenvalue weighted by Crippen LogP contribution is 2.29. The van der Waals surface area contributed by atoms with Gasteiger partial charge in [-0.05, 0) is 20.8 Å². The van der Waals surface area contributed by atoms with Crippen molar-refractivity contribution in [3.63, 3.8) is 0 Å². The molecule has 1 aliphatic heterocycles. The maximum atomic E-state index is 12.4. The monoisotopic (exact) mass is 339 g/mol. The number of carbonyl (C=O) groups excluding carboxylic acids is 1. The van der Waals surface area contributed by atoms with Gasteiger partial charge in [-0.1, -0.05) is 20.8 Å². The van der Waals surface area contributed by atoms with Crippen LogP contribution in [0.4, 0.5) is 4.79 Å². The van der Waals surface area contributed by atoms with Gasteiger partial charge in [-0.25, -0.2) is 4.98 Å². The molecule has 2 rings (SSSR count). The summed E-state index contributed by atoms with van der Waals surface area (Å²) in [6.07, 6.45) is -0.525. The molecule has 0 unspecified atom stereocenters. The lowest BCUT2D eigenvalue weighted by atomic mass is 9.93. The molecule has 128 valence electrons. The van der Waals surface area contributed by atoms with Crippen LogP contribution in [0.1, 0.15) is 65.3 Å². The van der Waals surface area contributed by atoms with E-state index in [0.717, 1.165) is 16.4 Å². The average Bonchev–Trinajstić information content (AvgIpc) is 2.86. The van der Waals surface area contributed by atoms with Gasteiger partial charge in [0.15, 0.2) is 18.4 Å². The highest BCUT2D eigenvalue weighted by molar-refractivity contribution is 7.09. The molecular weight excluding hydrogens is 312 g/mol. The molecule has 0 saturated carbocycles. The van der Waals surface area contributed by atoms with Gasteiger partial charge in [0.2, 0.25) is 0 Å². The molecule has 5 nitrogen and oxygen atoms in total. The van der Waals surface area contributed by atoms with Crippen LogP contribution >= 0.6 is 11.3 Å². The quantitative estimate of drug-likeness (QED) is 0.728. The minimum Gasteiger partial charge on any atom is -0.406 e. The molecule has 0 aromatic carbocycles. The summed E-state index contributed by atoms with van der Waals surface area (Å²) in [5.41, 5.74) is 1.42. The van der Waals surface area contributed by atoms with Crippen molar-refractivity contribution in [2.45, 2.75) is 65.6 Å². The van der Waals surface area contributed by atoms with Crippen molar-refractivity contribution in [3.8, 4) is 0 Å². The van der Waals surface area contributed by atoms with Crippen LogP contribution in [0.15, 0.2) is 5.38 Å². The summed E-state index contributed by atoms with van der Waals surface area (Å²) < 4.78 is 13.0. The van der Waals surface area contributed by atoms with Crippen molar-refractivity contribution in [3.05, 3.63) is 16.1 Å². The Balaban J connectivity index is 2.17. The number of nitrogens with zero attached hydrogens (tertiary/aromatic N) is 2. The standard InChI is InChI=1S/C17H27N2O3S/c1-11-9-21-12(8-19(11)15(20)22-17(5,6)7)14-18-13(10-23-14)16(2,3)4/h10,12H,8-9H2,1-7H3/q+1/t12-/m1/s1. The molecule has 1 aromatic heterocycles. The van der Waals surface area contributed by atoms with E-state index in [4.69, 9.17) is 14.5 Å². The maximum Gasteiger partial charge on any atom is 0.597 e. The van der Waals surface area contributed by atoms with Gasteiger partial charge in [-0.2, -0.15) is 4.79 Å². The van der Waals surface area contributed by atoms with E-state index in [9.17, 15) is 4.79 Å². The molecule has 0 radical (unpaired) electrons. The lowest BCUT2D eigenvalue weighted by Crippen LogP contribution is -2.41. The highest BCUT2D eigenvalue weighted by atomic mass is 32.1. The predicted octanol–water partition coefficient (Wildman–Crippen LogP) is 3.92. The van der Waals surface area contributed by atoms with E-state index in [-0.39, 0.29) is 17.6 Å². The number of thiazole rings is 1. The fourth-order valence-corrected chi connectivity index (χ4v) is 3.23. The molecule has 6 heteroatoms. The zero-order valence-corrected chi connectivity index (χ0v) is 15.9. The van der Waals surface area contributed by atoms with Gasteiger partial charge in [-0.15, -0.1) is 15.9 Å². The van der Waals surface area contributed by atoms with Crippen LogP contribution in [0, 0.1) is 0 Å². The van der Waals surface area contributed by atoms with E-state index in [0.29, 0.717) is 13.2 Å². The Hall–Kier alpha value is -1.27. The van der Waals surface area contributed by atoms with Crippen molar-refractivity contribution in [2.75, 3.05) is 13.2 Å². The number of amides is 1. The third kappa shape index (κ3) is 4.61. The predicted molar refractivity (Wildman–Crippen MR) is 91.5 cm³/mol. The summed E-state index contributed by atoms with van der Waals surface area (Å²) in [4.78, 5) is 17.1. The van der Waals surface area contributed by atoms with Crippen molar-refractivity contribution < 1.29 is 18.8 Å². The Labute approximate surface area is 142 Å². The van der Waals surface area contributed by atoms with Crippen LogP contribution in [0.3, 0.4) is 0 Å². The van der Waals surface area contributed by atoms with Gasteiger partial charge >= 0.3 is 6.09 Å². The lowest BCUT2D eigenvalue weighted by Gasteiger charge is -2.22. The van der Waals surface area contributed by atoms with Crippen molar-refractivity contribution in [2.24, 2.45) is 0 Å². The molecule has 0 fully saturated rings. The molecule has 1 atom stereocenters. The van der Waals surface area contributed by atoms with Crippen molar-refractivity contribution in [1.29, 1.82) is 0 Å². The van der Waals surface area contributed by atoms with Gasteiger partial charge in [0, 0.05) is 17.7 Å². The molecule has 0 bridgehead atoms. The molecule has 0 aliphatic carbocycles. The Morgan fingerprint density at radius 3 is 2.52 bits per heavy atom. The summed E-state index contributed by atoms with van der Waals surface area (Å²) >= 11 is 1.59. The molecule has 23 heavy (non-hydrogen) atoms. The maximum absolute atomic E-state index is 12.4. The Morgan fingerprint density at radius 2 is 2.00 bits per heavy atom. The van der Waals surface area contributed by atoms with E-state index in [2.05, 4.69) is 26.2 Å². The van der Waals surface area contributed by atoms with Crippen LogP contribution in [-0.2, 0) is 14.9 Å². The molecule has 0 spiro atoms. The zero-order valence-electron chi connectivity index (χ0n) is 15.1. The first-order valence-corrected chi connectivity index (χ1v) is 8.76. The van der Waals surface area contributed by atoms with Gasteiger partial charge in [0.05, 0.1) is 5.69 Å². The van der Waals surface area contributed by atoms with E-state index >= 15 is 0 Å². The Bertz CT molecular complexity index is 621. The number of carbonyl (C=O) groups is 1. The van der Waals surface area contributed by atoms with Gasteiger partial charge in [-0.3, -0.25) is 0 Å². The smallest absolute Gasteiger partial charge is 0.406 e. The van der Waals surface area contributed by atoms with Crippen LogP contribution in [0.2, 0.25) is 0 Å². The number of hydrogen-bond acceptors (Lipinski definition) is 5. The zero-order chi connectivity index (χ0) is 17.4. The summed E-state index contributed by atoms with van der Waals surface area (Å²) in [5.74, 6) is 0. The molecule has 1 aliphatic rings. The van der Waals surface area contributed by atoms with Gasteiger partial charge in [0.1, 0.15) is 17.2 Å². The fourth-order valence-electron chi connectivity index (χ4n) is 2.15. The summed E-state index contributed by atoms with van der Waals surface area (Å²) in [6, 6.07) is 0. The van der Waals surface area contributed by atoms with Crippen molar-refractivity contribution in [1.82, 2.24) is 4.98 Å². The van der Waals surface area contributed by atoms with E-state index in [1.165, 1.54) is 0 Å². The SMILES string of the molecule is CC1=[N+](C(=O)OC(C)(C)C)C[C@H](c2nc(C(C)(C)C)cs2)OC1. The van der Waals surface area contributed by atoms with E-state index < -0.39 is 5.60 Å². The minimum absolute atomic E-state index is 0.0102. The minimum atomic E-state index is -0.508. The number of ether oxygens (including phenoxy) is 2. The average molecular weight is 339 g/mol. The fraction of sp³-hybridized carbons (Fsp3) is 0.706. The number of aromatic nitrogens is 1. The third-order valence-electron chi connectivity index (χ3n) is 3.48. The summed E-state index contributed by atoms with van der Waals surface area (Å²) in [6.45, 7) is 14.8. The summed E-state index contributed by atoms with van der Waals surface area (Å²) in [5, 5.41) is 2.98. The molecule has 2 heterocycles. The number of rotatable bonds is 1. The first-order valence-electron chi connectivity index (χ1n) is 7.88. The van der Waals surface area contributed by atoms with Gasteiger partial charge in [0.25, 0.3) is 0 Å².